The fourth-order valence-electron chi connectivity index (χ4n) is 2.57. The number of hydrogen-bond donors (Lipinski definition) is 1. The lowest BCUT2D eigenvalue weighted by atomic mass is 9.88. The summed E-state index contributed by atoms with van der Waals surface area (Å²) in [5.74, 6) is 0. The first kappa shape index (κ1) is 18.9. The summed E-state index contributed by atoms with van der Waals surface area (Å²) in [6.45, 7) is 10.3. The van der Waals surface area contributed by atoms with Crippen LogP contribution in [0.5, 0.6) is 0 Å². The Morgan fingerprint density at radius 1 is 0.895 bits per heavy atom. The summed E-state index contributed by atoms with van der Waals surface area (Å²) >= 11 is 0. The fraction of sp³-hybridized carbons (Fsp3) is 1.00. The SMILES string of the molecule is CCCCCCCCCC(NCC)C(C)(C)N(C)C. The van der Waals surface area contributed by atoms with Crippen LogP contribution in [0.2, 0.25) is 0 Å². The molecule has 116 valence electrons. The van der Waals surface area contributed by atoms with Crippen LogP contribution in [0.3, 0.4) is 0 Å². The molecule has 2 nitrogen and oxygen atoms in total. The summed E-state index contributed by atoms with van der Waals surface area (Å²) in [7, 11) is 4.38. The van der Waals surface area contributed by atoms with Crippen LogP contribution in [-0.4, -0.2) is 37.1 Å². The molecule has 0 aromatic carbocycles. The molecule has 0 aromatic heterocycles. The van der Waals surface area contributed by atoms with Crippen LogP contribution in [0, 0.1) is 0 Å². The minimum absolute atomic E-state index is 0.234. The van der Waals surface area contributed by atoms with Crippen molar-refractivity contribution in [3.8, 4) is 0 Å². The quantitative estimate of drug-likeness (QED) is 0.527. The van der Waals surface area contributed by atoms with Gasteiger partial charge < -0.3 is 10.2 Å². The van der Waals surface area contributed by atoms with Gasteiger partial charge in [0, 0.05) is 11.6 Å². The largest absolute Gasteiger partial charge is 0.312 e. The van der Waals surface area contributed by atoms with Crippen LogP contribution in [0.25, 0.3) is 0 Å². The number of nitrogens with zero attached hydrogens (tertiary/aromatic N) is 1. The zero-order chi connectivity index (χ0) is 14.7. The number of hydrogen-bond acceptors (Lipinski definition) is 2. The molecule has 0 bridgehead atoms. The number of nitrogens with one attached hydrogen (secondary N) is 1. The van der Waals surface area contributed by atoms with Gasteiger partial charge in [0.05, 0.1) is 0 Å². The second-order valence-corrected chi connectivity index (χ2v) is 6.57. The molecule has 0 saturated carbocycles. The van der Waals surface area contributed by atoms with E-state index in [0.29, 0.717) is 6.04 Å². The average molecular weight is 271 g/mol. The molecule has 0 rings (SSSR count). The molecule has 2 heteroatoms. The van der Waals surface area contributed by atoms with E-state index < -0.39 is 0 Å². The van der Waals surface area contributed by atoms with E-state index in [9.17, 15) is 0 Å². The van der Waals surface area contributed by atoms with Gasteiger partial charge in [-0.1, -0.05) is 58.8 Å². The van der Waals surface area contributed by atoms with Gasteiger partial charge in [-0.2, -0.15) is 0 Å². The van der Waals surface area contributed by atoms with Crippen molar-refractivity contribution in [2.75, 3.05) is 20.6 Å². The second kappa shape index (κ2) is 10.7. The van der Waals surface area contributed by atoms with Crippen LogP contribution < -0.4 is 5.32 Å². The summed E-state index contributed by atoms with van der Waals surface area (Å²) in [5.41, 5.74) is 0.234. The summed E-state index contributed by atoms with van der Waals surface area (Å²) in [6.07, 6.45) is 11.1. The standard InChI is InChI=1S/C17H38N2/c1-7-9-10-11-12-13-14-15-16(18-8-2)17(3,4)19(5)6/h16,18H,7-15H2,1-6H3. The van der Waals surface area contributed by atoms with Crippen molar-refractivity contribution in [2.45, 2.75) is 90.6 Å². The molecule has 0 heterocycles. The summed E-state index contributed by atoms with van der Waals surface area (Å²) in [5, 5.41) is 3.67. The highest BCUT2D eigenvalue weighted by Gasteiger charge is 2.30. The number of likely N-dealkylation sites (N-methyl/N-ethyl adjacent to an activating group) is 2. The van der Waals surface area contributed by atoms with Crippen LogP contribution >= 0.6 is 0 Å². The predicted molar refractivity (Wildman–Crippen MR) is 87.8 cm³/mol. The second-order valence-electron chi connectivity index (χ2n) is 6.57. The molecule has 0 saturated heterocycles. The van der Waals surface area contributed by atoms with Crippen molar-refractivity contribution >= 4 is 0 Å². The Balaban J connectivity index is 3.89. The molecular formula is C17H38N2. The zero-order valence-corrected chi connectivity index (χ0v) is 14.4. The van der Waals surface area contributed by atoms with Crippen molar-refractivity contribution in [1.82, 2.24) is 10.2 Å². The van der Waals surface area contributed by atoms with Crippen LogP contribution in [0.4, 0.5) is 0 Å². The highest BCUT2D eigenvalue weighted by molar-refractivity contribution is 4.90. The van der Waals surface area contributed by atoms with Crippen molar-refractivity contribution in [1.29, 1.82) is 0 Å². The average Bonchev–Trinajstić information content (AvgIpc) is 2.36. The van der Waals surface area contributed by atoms with Gasteiger partial charge in [-0.15, -0.1) is 0 Å². The van der Waals surface area contributed by atoms with E-state index in [0.717, 1.165) is 6.54 Å². The smallest absolute Gasteiger partial charge is 0.0300 e. The van der Waals surface area contributed by atoms with Crippen molar-refractivity contribution in [2.24, 2.45) is 0 Å². The summed E-state index contributed by atoms with van der Waals surface area (Å²) < 4.78 is 0. The third-order valence-corrected chi connectivity index (χ3v) is 4.55. The van der Waals surface area contributed by atoms with Crippen molar-refractivity contribution < 1.29 is 0 Å². The molecule has 0 aliphatic carbocycles. The van der Waals surface area contributed by atoms with Gasteiger partial charge in [0.2, 0.25) is 0 Å². The molecule has 0 aliphatic rings. The van der Waals surface area contributed by atoms with Gasteiger partial charge in [-0.25, -0.2) is 0 Å². The Kier molecular flexibility index (Phi) is 10.6. The lowest BCUT2D eigenvalue weighted by Crippen LogP contribution is -2.55. The molecule has 1 unspecified atom stereocenters. The first-order valence-electron chi connectivity index (χ1n) is 8.37. The minimum Gasteiger partial charge on any atom is -0.312 e. The van der Waals surface area contributed by atoms with Crippen LogP contribution in [-0.2, 0) is 0 Å². The van der Waals surface area contributed by atoms with Gasteiger partial charge in [0.25, 0.3) is 0 Å². The maximum atomic E-state index is 3.67. The summed E-state index contributed by atoms with van der Waals surface area (Å²) in [6, 6.07) is 0.600. The normalized spacial score (nSPS) is 14.1. The number of unbranched alkanes of at least 4 members (excludes halogenated alkanes) is 6. The maximum absolute atomic E-state index is 3.67. The van der Waals surface area contributed by atoms with E-state index in [1.165, 1.54) is 51.4 Å². The van der Waals surface area contributed by atoms with E-state index in [4.69, 9.17) is 0 Å². The van der Waals surface area contributed by atoms with Crippen LogP contribution in [0.15, 0.2) is 0 Å². The van der Waals surface area contributed by atoms with E-state index in [1.807, 2.05) is 0 Å². The molecule has 19 heavy (non-hydrogen) atoms. The molecule has 0 fully saturated rings. The molecule has 1 atom stereocenters. The van der Waals surface area contributed by atoms with E-state index in [1.54, 1.807) is 0 Å². The Labute approximate surface area is 122 Å². The summed E-state index contributed by atoms with van der Waals surface area (Å²) in [4.78, 5) is 2.35. The Bertz CT molecular complexity index is 199. The van der Waals surface area contributed by atoms with Crippen LogP contribution in [0.1, 0.15) is 79.1 Å². The topological polar surface area (TPSA) is 15.3 Å². The van der Waals surface area contributed by atoms with E-state index in [-0.39, 0.29) is 5.54 Å². The van der Waals surface area contributed by atoms with Gasteiger partial charge in [0.1, 0.15) is 0 Å². The lowest BCUT2D eigenvalue weighted by Gasteiger charge is -2.40. The van der Waals surface area contributed by atoms with Gasteiger partial charge >= 0.3 is 0 Å². The first-order chi connectivity index (χ1) is 8.96. The molecule has 1 N–H and O–H groups in total. The highest BCUT2D eigenvalue weighted by atomic mass is 15.2. The fourth-order valence-corrected chi connectivity index (χ4v) is 2.57. The van der Waals surface area contributed by atoms with Crippen molar-refractivity contribution in [3.63, 3.8) is 0 Å². The number of rotatable bonds is 12. The van der Waals surface area contributed by atoms with E-state index >= 15 is 0 Å². The third-order valence-electron chi connectivity index (χ3n) is 4.55. The molecule has 0 spiro atoms. The van der Waals surface area contributed by atoms with Crippen molar-refractivity contribution in [3.05, 3.63) is 0 Å². The molecule has 0 aromatic rings. The van der Waals surface area contributed by atoms with Gasteiger partial charge in [0.15, 0.2) is 0 Å². The predicted octanol–water partition coefficient (Wildman–Crippen LogP) is 4.45. The monoisotopic (exact) mass is 270 g/mol. The Hall–Kier alpha value is -0.0800. The minimum atomic E-state index is 0.234. The molecule has 0 amide bonds. The third kappa shape index (κ3) is 7.94. The zero-order valence-electron chi connectivity index (χ0n) is 14.4. The highest BCUT2D eigenvalue weighted by Crippen LogP contribution is 2.21. The van der Waals surface area contributed by atoms with Gasteiger partial charge in [-0.05, 0) is 40.9 Å². The molecule has 0 radical (unpaired) electrons. The first-order valence-corrected chi connectivity index (χ1v) is 8.37. The Morgan fingerprint density at radius 3 is 1.89 bits per heavy atom. The maximum Gasteiger partial charge on any atom is 0.0300 e. The van der Waals surface area contributed by atoms with Gasteiger partial charge in [-0.3, -0.25) is 0 Å². The lowest BCUT2D eigenvalue weighted by molar-refractivity contribution is 0.131. The van der Waals surface area contributed by atoms with E-state index in [2.05, 4.69) is 52.0 Å². The molecule has 0 aliphatic heterocycles. The Morgan fingerprint density at radius 2 is 1.42 bits per heavy atom. The molecular weight excluding hydrogens is 232 g/mol.